The lowest BCUT2D eigenvalue weighted by Crippen LogP contribution is -2.07. The number of hydrogen-bond acceptors (Lipinski definition) is 5. The van der Waals surface area contributed by atoms with Crippen LogP contribution >= 0.6 is 24.2 Å². The number of thioether (sulfide) groups is 1. The number of ketones is 1. The number of ether oxygens (including phenoxy) is 1. The van der Waals surface area contributed by atoms with Gasteiger partial charge in [0.1, 0.15) is 11.5 Å². The molecule has 0 radical (unpaired) electrons. The van der Waals surface area contributed by atoms with Crippen LogP contribution < -0.4 is 4.74 Å². The van der Waals surface area contributed by atoms with Crippen molar-refractivity contribution in [3.05, 3.63) is 47.8 Å². The van der Waals surface area contributed by atoms with Gasteiger partial charge in [-0.05, 0) is 50.6 Å². The highest BCUT2D eigenvalue weighted by molar-refractivity contribution is 7.98. The summed E-state index contributed by atoms with van der Waals surface area (Å²) in [6.45, 7) is 5.60. The Morgan fingerprint density at radius 3 is 2.85 bits per heavy atom. The molecule has 0 fully saturated rings. The van der Waals surface area contributed by atoms with Gasteiger partial charge >= 0.3 is 0 Å². The Balaban J connectivity index is 0.00000243. The minimum atomic E-state index is 0. The highest BCUT2D eigenvalue weighted by Gasteiger charge is 2.10. The number of nitrogens with zero attached hydrogens (tertiary/aromatic N) is 2. The Morgan fingerprint density at radius 2 is 2.12 bits per heavy atom. The van der Waals surface area contributed by atoms with Gasteiger partial charge in [0.25, 0.3) is 0 Å². The smallest absolute Gasteiger partial charge is 0.166 e. The minimum Gasteiger partial charge on any atom is -0.489 e. The topological polar surface area (TPSA) is 67.9 Å². The maximum absolute atomic E-state index is 11.3. The predicted molar refractivity (Wildman–Crippen MR) is 107 cm³/mol. The molecular formula is C19H22ClN3O2S. The molecule has 0 spiro atoms. The summed E-state index contributed by atoms with van der Waals surface area (Å²) >= 11 is 1.58. The molecule has 0 bridgehead atoms. The fourth-order valence-electron chi connectivity index (χ4n) is 2.53. The molecular weight excluding hydrogens is 370 g/mol. The lowest BCUT2D eigenvalue weighted by atomic mass is 10.1. The quantitative estimate of drug-likeness (QED) is 0.596. The number of aromatic nitrogens is 3. The number of H-pyrrole nitrogens is 1. The number of fused-ring (bicyclic) bond motifs is 1. The van der Waals surface area contributed by atoms with Gasteiger partial charge in [-0.15, -0.1) is 12.4 Å². The third kappa shape index (κ3) is 5.22. The van der Waals surface area contributed by atoms with Gasteiger partial charge in [0.05, 0.1) is 22.8 Å². The molecule has 0 unspecified atom stereocenters. The van der Waals surface area contributed by atoms with Gasteiger partial charge < -0.3 is 9.72 Å². The van der Waals surface area contributed by atoms with Crippen LogP contribution in [0.3, 0.4) is 0 Å². The van der Waals surface area contributed by atoms with Gasteiger partial charge in [-0.2, -0.15) is 0 Å². The van der Waals surface area contributed by atoms with Crippen molar-refractivity contribution in [2.45, 2.75) is 44.2 Å². The van der Waals surface area contributed by atoms with Crippen LogP contribution in [0.25, 0.3) is 11.0 Å². The van der Waals surface area contributed by atoms with Crippen LogP contribution in [0.1, 0.15) is 32.0 Å². The predicted octanol–water partition coefficient (Wildman–Crippen LogP) is 4.59. The van der Waals surface area contributed by atoms with Crippen LogP contribution in [0.2, 0.25) is 0 Å². The summed E-state index contributed by atoms with van der Waals surface area (Å²) in [4.78, 5) is 23.6. The van der Waals surface area contributed by atoms with E-state index in [9.17, 15) is 4.79 Å². The molecule has 2 aromatic heterocycles. The molecule has 0 saturated heterocycles. The largest absolute Gasteiger partial charge is 0.489 e. The molecule has 0 atom stereocenters. The van der Waals surface area contributed by atoms with Crippen LogP contribution in [-0.2, 0) is 17.0 Å². The Hall–Kier alpha value is -2.05. The maximum atomic E-state index is 11.3. The molecule has 7 heteroatoms. The van der Waals surface area contributed by atoms with Crippen LogP contribution in [0.5, 0.6) is 5.75 Å². The van der Waals surface area contributed by atoms with E-state index in [2.05, 4.69) is 15.0 Å². The monoisotopic (exact) mass is 391 g/mol. The summed E-state index contributed by atoms with van der Waals surface area (Å²) < 4.78 is 5.81. The summed E-state index contributed by atoms with van der Waals surface area (Å²) in [5.74, 6) is 1.63. The fraction of sp³-hybridized carbons (Fsp3) is 0.316. The van der Waals surface area contributed by atoms with Crippen molar-refractivity contribution in [1.82, 2.24) is 15.0 Å². The van der Waals surface area contributed by atoms with E-state index in [0.29, 0.717) is 12.2 Å². The highest BCUT2D eigenvalue weighted by atomic mass is 35.5. The van der Waals surface area contributed by atoms with E-state index < -0.39 is 0 Å². The van der Waals surface area contributed by atoms with Gasteiger partial charge in [-0.25, -0.2) is 4.98 Å². The lowest BCUT2D eigenvalue weighted by Gasteiger charge is -2.12. The van der Waals surface area contributed by atoms with Crippen molar-refractivity contribution >= 4 is 41.0 Å². The number of rotatable bonds is 7. The Kier molecular flexibility index (Phi) is 7.06. The van der Waals surface area contributed by atoms with E-state index in [1.54, 1.807) is 24.9 Å². The number of nitrogens with one attached hydrogen (secondary N) is 1. The summed E-state index contributed by atoms with van der Waals surface area (Å²) in [5.41, 5.74) is 3.74. The van der Waals surface area contributed by atoms with Crippen molar-refractivity contribution in [2.75, 3.05) is 0 Å². The standard InChI is InChI=1S/C19H21N3O2S.ClH/c1-12(2)24-18-5-4-8-20-17(18)11-25-19-21-15-7-6-14(9-13(3)23)10-16(15)22-19;/h4-8,10,12H,9,11H2,1-3H3,(H,21,22);1H. The first-order chi connectivity index (χ1) is 12.0. The van der Waals surface area contributed by atoms with E-state index in [1.807, 2.05) is 44.2 Å². The number of hydrogen-bond donors (Lipinski definition) is 1. The van der Waals surface area contributed by atoms with E-state index in [4.69, 9.17) is 4.74 Å². The Labute approximate surface area is 163 Å². The molecule has 2 heterocycles. The summed E-state index contributed by atoms with van der Waals surface area (Å²) in [6.07, 6.45) is 2.33. The molecule has 0 saturated carbocycles. The number of aromatic amines is 1. The van der Waals surface area contributed by atoms with Gasteiger partial charge in [0.2, 0.25) is 0 Å². The summed E-state index contributed by atoms with van der Waals surface area (Å²) in [7, 11) is 0. The van der Waals surface area contributed by atoms with Crippen molar-refractivity contribution < 1.29 is 9.53 Å². The van der Waals surface area contributed by atoms with Crippen molar-refractivity contribution in [3.8, 4) is 5.75 Å². The first kappa shape index (κ1) is 20.3. The average Bonchev–Trinajstić information content (AvgIpc) is 2.95. The van der Waals surface area contributed by atoms with Crippen LogP contribution in [0.15, 0.2) is 41.7 Å². The van der Waals surface area contributed by atoms with E-state index in [1.165, 1.54) is 0 Å². The van der Waals surface area contributed by atoms with Crippen LogP contribution in [0.4, 0.5) is 0 Å². The fourth-order valence-corrected chi connectivity index (χ4v) is 3.36. The molecule has 3 rings (SSSR count). The SMILES string of the molecule is CC(=O)Cc1ccc2nc(SCc3ncccc3OC(C)C)[nH]c2c1.Cl. The van der Waals surface area contributed by atoms with Crippen molar-refractivity contribution in [1.29, 1.82) is 0 Å². The zero-order valence-electron chi connectivity index (χ0n) is 15.0. The number of carbonyl (C=O) groups excluding carboxylic acids is 1. The first-order valence-electron chi connectivity index (χ1n) is 8.22. The average molecular weight is 392 g/mol. The molecule has 3 aromatic rings. The minimum absolute atomic E-state index is 0. The van der Waals surface area contributed by atoms with Gasteiger partial charge in [0, 0.05) is 18.4 Å². The third-order valence-electron chi connectivity index (χ3n) is 3.53. The molecule has 1 N–H and O–H groups in total. The van der Waals surface area contributed by atoms with Gasteiger partial charge in [0.15, 0.2) is 5.16 Å². The van der Waals surface area contributed by atoms with E-state index in [-0.39, 0.29) is 24.3 Å². The third-order valence-corrected chi connectivity index (χ3v) is 4.42. The number of carbonyl (C=O) groups is 1. The molecule has 26 heavy (non-hydrogen) atoms. The number of benzene rings is 1. The van der Waals surface area contributed by atoms with Crippen molar-refractivity contribution in [2.24, 2.45) is 0 Å². The summed E-state index contributed by atoms with van der Waals surface area (Å²) in [5, 5.41) is 0.830. The normalized spacial score (nSPS) is 10.8. The molecule has 0 aliphatic heterocycles. The number of Topliss-reactive ketones (excluding diaryl/α,β-unsaturated/α-hetero) is 1. The molecule has 138 valence electrons. The van der Waals surface area contributed by atoms with Gasteiger partial charge in [-0.1, -0.05) is 17.8 Å². The second kappa shape index (κ2) is 9.05. The second-order valence-electron chi connectivity index (χ2n) is 6.18. The van der Waals surface area contributed by atoms with E-state index in [0.717, 1.165) is 33.2 Å². The lowest BCUT2D eigenvalue weighted by molar-refractivity contribution is -0.116. The molecule has 5 nitrogen and oxygen atoms in total. The number of halogens is 1. The second-order valence-corrected chi connectivity index (χ2v) is 7.14. The van der Waals surface area contributed by atoms with Gasteiger partial charge in [-0.3, -0.25) is 9.78 Å². The van der Waals surface area contributed by atoms with E-state index >= 15 is 0 Å². The Morgan fingerprint density at radius 1 is 1.31 bits per heavy atom. The zero-order chi connectivity index (χ0) is 17.8. The zero-order valence-corrected chi connectivity index (χ0v) is 16.6. The van der Waals surface area contributed by atoms with Crippen LogP contribution in [-0.4, -0.2) is 26.8 Å². The number of pyridine rings is 1. The highest BCUT2D eigenvalue weighted by Crippen LogP contribution is 2.27. The number of imidazole rings is 1. The molecule has 0 aliphatic carbocycles. The van der Waals surface area contributed by atoms with Crippen LogP contribution in [0, 0.1) is 0 Å². The molecule has 0 amide bonds. The molecule has 1 aromatic carbocycles. The molecule has 0 aliphatic rings. The van der Waals surface area contributed by atoms with Crippen molar-refractivity contribution in [3.63, 3.8) is 0 Å². The maximum Gasteiger partial charge on any atom is 0.166 e. The first-order valence-corrected chi connectivity index (χ1v) is 9.21. The Bertz CT molecular complexity index is 895. The summed E-state index contributed by atoms with van der Waals surface area (Å²) in [6, 6.07) is 9.70.